The van der Waals surface area contributed by atoms with Crippen LogP contribution in [-0.2, 0) is 31.8 Å². The van der Waals surface area contributed by atoms with Gasteiger partial charge in [0, 0.05) is 13.2 Å². The minimum Gasteiger partial charge on any atom is -0.437 e. The number of carbonyl (C=O) groups is 2. The summed E-state index contributed by atoms with van der Waals surface area (Å²) in [5.74, 6) is 0.295. The standard InChI is InChI=1S/C21H27NO5/c1-5-14-11-13(3)12-15(6-2)17(14)18-19(27-21(24)25-4)16-7-9-26-10-8-22(16)20(18)23/h11-12,16H,5-10H2,1-4H3. The van der Waals surface area contributed by atoms with Gasteiger partial charge in [-0.25, -0.2) is 4.79 Å². The van der Waals surface area contributed by atoms with Crippen LogP contribution in [0.4, 0.5) is 4.79 Å². The van der Waals surface area contributed by atoms with Crippen LogP contribution in [0.1, 0.15) is 42.5 Å². The SMILES string of the molecule is CCc1cc(C)cc(CC)c1C1=C(OC(=O)OC)C2CCOCCN2C1=O. The Labute approximate surface area is 160 Å². The summed E-state index contributed by atoms with van der Waals surface area (Å²) < 4.78 is 15.8. The second kappa shape index (κ2) is 8.13. The number of benzene rings is 1. The van der Waals surface area contributed by atoms with E-state index in [0.717, 1.165) is 35.1 Å². The number of methoxy groups -OCH3 is 1. The van der Waals surface area contributed by atoms with Crippen molar-refractivity contribution in [1.29, 1.82) is 0 Å². The number of ether oxygens (including phenoxy) is 3. The fourth-order valence-electron chi connectivity index (χ4n) is 4.00. The summed E-state index contributed by atoms with van der Waals surface area (Å²) in [5, 5.41) is 0. The van der Waals surface area contributed by atoms with Crippen LogP contribution in [0.5, 0.6) is 0 Å². The smallest absolute Gasteiger partial charge is 0.437 e. The molecule has 1 amide bonds. The minimum absolute atomic E-state index is 0.0994. The largest absolute Gasteiger partial charge is 0.513 e. The van der Waals surface area contributed by atoms with Gasteiger partial charge in [0.2, 0.25) is 0 Å². The van der Waals surface area contributed by atoms with Crippen LogP contribution in [0, 0.1) is 6.92 Å². The van der Waals surface area contributed by atoms with Crippen molar-refractivity contribution in [3.8, 4) is 0 Å². The lowest BCUT2D eigenvalue weighted by molar-refractivity contribution is -0.125. The highest BCUT2D eigenvalue weighted by molar-refractivity contribution is 6.23. The molecule has 0 N–H and O–H groups in total. The van der Waals surface area contributed by atoms with Gasteiger partial charge in [-0.1, -0.05) is 31.5 Å². The lowest BCUT2D eigenvalue weighted by Gasteiger charge is -2.22. The van der Waals surface area contributed by atoms with Crippen LogP contribution in [0.15, 0.2) is 17.9 Å². The average Bonchev–Trinajstić information content (AvgIpc) is 2.84. The van der Waals surface area contributed by atoms with Crippen molar-refractivity contribution in [2.75, 3.05) is 26.9 Å². The molecule has 3 rings (SSSR count). The van der Waals surface area contributed by atoms with Gasteiger partial charge in [0.15, 0.2) is 0 Å². The molecule has 146 valence electrons. The summed E-state index contributed by atoms with van der Waals surface area (Å²) in [7, 11) is 1.27. The first-order valence-corrected chi connectivity index (χ1v) is 9.53. The van der Waals surface area contributed by atoms with E-state index in [1.807, 2.05) is 0 Å². The number of hydrogen-bond acceptors (Lipinski definition) is 5. The van der Waals surface area contributed by atoms with Gasteiger partial charge >= 0.3 is 6.16 Å². The van der Waals surface area contributed by atoms with Crippen LogP contribution in [0.2, 0.25) is 0 Å². The van der Waals surface area contributed by atoms with E-state index in [4.69, 9.17) is 14.2 Å². The molecule has 1 fully saturated rings. The molecule has 1 aromatic rings. The van der Waals surface area contributed by atoms with E-state index >= 15 is 0 Å². The van der Waals surface area contributed by atoms with E-state index in [-0.39, 0.29) is 11.9 Å². The molecule has 0 radical (unpaired) electrons. The predicted molar refractivity (Wildman–Crippen MR) is 101 cm³/mol. The van der Waals surface area contributed by atoms with Crippen molar-refractivity contribution >= 4 is 17.6 Å². The Hall–Kier alpha value is -2.34. The normalized spacial score (nSPS) is 19.8. The third-order valence-electron chi connectivity index (χ3n) is 5.23. The maximum absolute atomic E-state index is 13.4. The second-order valence-corrected chi connectivity index (χ2v) is 6.88. The minimum atomic E-state index is -0.800. The van der Waals surface area contributed by atoms with Crippen LogP contribution in [0.3, 0.4) is 0 Å². The fourth-order valence-corrected chi connectivity index (χ4v) is 4.00. The lowest BCUT2D eigenvalue weighted by atomic mass is 9.89. The van der Waals surface area contributed by atoms with Gasteiger partial charge in [-0.2, -0.15) is 0 Å². The Bertz CT molecular complexity index is 758. The number of carbonyl (C=O) groups excluding carboxylic acids is 2. The first-order chi connectivity index (χ1) is 13.0. The summed E-state index contributed by atoms with van der Waals surface area (Å²) in [6, 6.07) is 3.92. The maximum atomic E-state index is 13.4. The molecule has 0 saturated carbocycles. The van der Waals surface area contributed by atoms with Gasteiger partial charge in [-0.05, 0) is 42.9 Å². The van der Waals surface area contributed by atoms with Gasteiger partial charge in [0.05, 0.1) is 25.3 Å². The van der Waals surface area contributed by atoms with Gasteiger partial charge in [0.25, 0.3) is 5.91 Å². The molecule has 2 heterocycles. The van der Waals surface area contributed by atoms with Crippen molar-refractivity contribution < 1.29 is 23.8 Å². The van der Waals surface area contributed by atoms with Crippen LogP contribution in [0.25, 0.3) is 5.57 Å². The summed E-state index contributed by atoms with van der Waals surface area (Å²) in [4.78, 5) is 27.1. The summed E-state index contributed by atoms with van der Waals surface area (Å²) in [5.41, 5.74) is 4.76. The molecule has 1 aromatic carbocycles. The molecule has 6 nitrogen and oxygen atoms in total. The highest BCUT2D eigenvalue weighted by atomic mass is 16.7. The molecule has 27 heavy (non-hydrogen) atoms. The summed E-state index contributed by atoms with van der Waals surface area (Å²) in [6.45, 7) is 7.69. The molecule has 6 heteroatoms. The third kappa shape index (κ3) is 3.58. The van der Waals surface area contributed by atoms with Gasteiger partial charge in [-0.15, -0.1) is 0 Å². The third-order valence-corrected chi connectivity index (χ3v) is 5.23. The Kier molecular flexibility index (Phi) is 5.85. The Morgan fingerprint density at radius 3 is 2.48 bits per heavy atom. The molecular weight excluding hydrogens is 346 g/mol. The molecular formula is C21H27NO5. The molecule has 0 bridgehead atoms. The average molecular weight is 373 g/mol. The highest BCUT2D eigenvalue weighted by Gasteiger charge is 2.44. The quantitative estimate of drug-likeness (QED) is 0.758. The van der Waals surface area contributed by atoms with Gasteiger partial charge < -0.3 is 19.1 Å². The number of hydrogen-bond donors (Lipinski definition) is 0. The van der Waals surface area contributed by atoms with Crippen molar-refractivity contribution in [3.05, 3.63) is 40.1 Å². The Balaban J connectivity index is 2.22. The van der Waals surface area contributed by atoms with Crippen LogP contribution >= 0.6 is 0 Å². The number of fused-ring (bicyclic) bond motifs is 1. The van der Waals surface area contributed by atoms with Crippen LogP contribution < -0.4 is 0 Å². The number of amides is 1. The number of rotatable bonds is 4. The summed E-state index contributed by atoms with van der Waals surface area (Å²) >= 11 is 0. The lowest BCUT2D eigenvalue weighted by Crippen LogP contribution is -2.36. The maximum Gasteiger partial charge on any atom is 0.513 e. The van der Waals surface area contributed by atoms with Crippen molar-refractivity contribution in [1.82, 2.24) is 4.90 Å². The topological polar surface area (TPSA) is 65.1 Å². The monoisotopic (exact) mass is 373 g/mol. The fraction of sp³-hybridized carbons (Fsp3) is 0.524. The van der Waals surface area contributed by atoms with E-state index in [0.29, 0.717) is 37.5 Å². The first kappa shape index (κ1) is 19.4. The number of aryl methyl sites for hydroxylation is 3. The zero-order valence-electron chi connectivity index (χ0n) is 16.5. The Morgan fingerprint density at radius 1 is 1.22 bits per heavy atom. The Morgan fingerprint density at radius 2 is 1.89 bits per heavy atom. The van der Waals surface area contributed by atoms with Gasteiger partial charge in [-0.3, -0.25) is 4.79 Å². The zero-order chi connectivity index (χ0) is 19.6. The molecule has 0 spiro atoms. The molecule has 1 atom stereocenters. The molecule has 0 aromatic heterocycles. The van der Waals surface area contributed by atoms with E-state index < -0.39 is 6.16 Å². The molecule has 1 unspecified atom stereocenters. The van der Waals surface area contributed by atoms with E-state index in [1.165, 1.54) is 7.11 Å². The highest BCUT2D eigenvalue weighted by Crippen LogP contribution is 2.39. The van der Waals surface area contributed by atoms with Gasteiger partial charge in [0.1, 0.15) is 5.76 Å². The van der Waals surface area contributed by atoms with Crippen molar-refractivity contribution in [2.24, 2.45) is 0 Å². The number of nitrogens with zero attached hydrogens (tertiary/aromatic N) is 1. The molecule has 2 aliphatic rings. The first-order valence-electron chi connectivity index (χ1n) is 9.53. The van der Waals surface area contributed by atoms with Crippen molar-refractivity contribution in [2.45, 2.75) is 46.1 Å². The second-order valence-electron chi connectivity index (χ2n) is 6.88. The zero-order valence-corrected chi connectivity index (χ0v) is 16.5. The molecule has 1 saturated heterocycles. The summed E-state index contributed by atoms with van der Waals surface area (Å²) in [6.07, 6.45) is 1.38. The predicted octanol–water partition coefficient (Wildman–Crippen LogP) is 3.25. The van der Waals surface area contributed by atoms with Crippen LogP contribution in [-0.4, -0.2) is 49.9 Å². The van der Waals surface area contributed by atoms with E-state index in [2.05, 4.69) is 32.9 Å². The molecule has 0 aliphatic carbocycles. The van der Waals surface area contributed by atoms with E-state index in [1.54, 1.807) is 4.90 Å². The van der Waals surface area contributed by atoms with E-state index in [9.17, 15) is 9.59 Å². The van der Waals surface area contributed by atoms with Crippen molar-refractivity contribution in [3.63, 3.8) is 0 Å². The molecule has 2 aliphatic heterocycles.